The first-order chi connectivity index (χ1) is 6.58. The van der Waals surface area contributed by atoms with Gasteiger partial charge in [-0.25, -0.2) is 0 Å². The number of nitrogens with zero attached hydrogens (tertiary/aromatic N) is 2. The van der Waals surface area contributed by atoms with Crippen LogP contribution in [0.25, 0.3) is 0 Å². The van der Waals surface area contributed by atoms with E-state index in [1.807, 2.05) is 14.1 Å². The van der Waals surface area contributed by atoms with E-state index in [0.717, 1.165) is 25.7 Å². The largest absolute Gasteiger partial charge is 0.337 e. The summed E-state index contributed by atoms with van der Waals surface area (Å²) in [5.41, 5.74) is -0.576. The highest BCUT2D eigenvalue weighted by atomic mass is 16.2. The smallest absolute Gasteiger partial charge is 0.235 e. The maximum atomic E-state index is 11.5. The van der Waals surface area contributed by atoms with Crippen molar-refractivity contribution in [1.82, 2.24) is 10.2 Å². The number of rotatable bonds is 3. The number of nitrogens with one attached hydrogen (secondary N) is 1. The van der Waals surface area contributed by atoms with Crippen molar-refractivity contribution in [3.63, 3.8) is 0 Å². The van der Waals surface area contributed by atoms with Crippen molar-refractivity contribution in [2.75, 3.05) is 20.6 Å². The van der Waals surface area contributed by atoms with Crippen LogP contribution in [0.15, 0.2) is 0 Å². The number of hydrogen-bond acceptors (Lipinski definition) is 3. The molecule has 0 aromatic heterocycles. The van der Waals surface area contributed by atoms with E-state index in [4.69, 9.17) is 5.26 Å². The molecule has 0 aromatic rings. The lowest BCUT2D eigenvalue weighted by Gasteiger charge is -2.22. The van der Waals surface area contributed by atoms with E-state index in [2.05, 4.69) is 11.4 Å². The Labute approximate surface area is 84.9 Å². The summed E-state index contributed by atoms with van der Waals surface area (Å²) >= 11 is 0. The van der Waals surface area contributed by atoms with Gasteiger partial charge in [-0.2, -0.15) is 5.26 Å². The van der Waals surface area contributed by atoms with E-state index in [1.165, 1.54) is 0 Å². The third-order valence-electron chi connectivity index (χ3n) is 2.51. The Kier molecular flexibility index (Phi) is 3.48. The molecule has 0 saturated heterocycles. The Hall–Kier alpha value is -1.08. The monoisotopic (exact) mass is 195 g/mol. The van der Waals surface area contributed by atoms with E-state index in [0.29, 0.717) is 6.54 Å². The molecule has 0 aliphatic heterocycles. The topological polar surface area (TPSA) is 56.1 Å². The number of hydrogen-bond donors (Lipinski definition) is 1. The molecule has 1 fully saturated rings. The van der Waals surface area contributed by atoms with Crippen LogP contribution in [0.3, 0.4) is 0 Å². The van der Waals surface area contributed by atoms with Gasteiger partial charge in [0.15, 0.2) is 0 Å². The Morgan fingerprint density at radius 2 is 2.07 bits per heavy atom. The van der Waals surface area contributed by atoms with Crippen molar-refractivity contribution in [2.24, 2.45) is 0 Å². The summed E-state index contributed by atoms with van der Waals surface area (Å²) in [7, 11) is 3.68. The lowest BCUT2D eigenvalue weighted by Crippen LogP contribution is -2.48. The number of amides is 1. The molecule has 78 valence electrons. The fourth-order valence-electron chi connectivity index (χ4n) is 1.84. The van der Waals surface area contributed by atoms with Crippen LogP contribution in [0.1, 0.15) is 25.7 Å². The first-order valence-electron chi connectivity index (χ1n) is 4.95. The summed E-state index contributed by atoms with van der Waals surface area (Å²) in [4.78, 5) is 13.3. The third kappa shape index (κ3) is 2.71. The van der Waals surface area contributed by atoms with Crippen LogP contribution >= 0.6 is 0 Å². The molecule has 0 bridgehead atoms. The van der Waals surface area contributed by atoms with Crippen molar-refractivity contribution < 1.29 is 4.79 Å². The number of carbonyl (C=O) groups excluding carboxylic acids is 1. The fourth-order valence-corrected chi connectivity index (χ4v) is 1.84. The van der Waals surface area contributed by atoms with Crippen LogP contribution in [0.4, 0.5) is 0 Å². The second-order valence-electron chi connectivity index (χ2n) is 4.19. The zero-order chi connectivity index (χ0) is 10.6. The number of nitriles is 1. The molecule has 1 amide bonds. The molecule has 0 spiro atoms. The zero-order valence-corrected chi connectivity index (χ0v) is 8.84. The van der Waals surface area contributed by atoms with Gasteiger partial charge in [-0.3, -0.25) is 4.79 Å². The molecule has 1 rings (SSSR count). The van der Waals surface area contributed by atoms with E-state index >= 15 is 0 Å². The first kappa shape index (κ1) is 11.0. The van der Waals surface area contributed by atoms with E-state index < -0.39 is 5.54 Å². The quantitative estimate of drug-likeness (QED) is 0.713. The average Bonchev–Trinajstić information content (AvgIpc) is 2.52. The Bertz CT molecular complexity index is 249. The van der Waals surface area contributed by atoms with Gasteiger partial charge in [-0.05, 0) is 39.8 Å². The Morgan fingerprint density at radius 3 is 2.50 bits per heavy atom. The third-order valence-corrected chi connectivity index (χ3v) is 2.51. The van der Waals surface area contributed by atoms with Crippen molar-refractivity contribution >= 4 is 5.91 Å². The molecule has 0 radical (unpaired) electrons. The van der Waals surface area contributed by atoms with E-state index in [-0.39, 0.29) is 5.91 Å². The van der Waals surface area contributed by atoms with Gasteiger partial charge in [0.2, 0.25) is 5.91 Å². The lowest BCUT2D eigenvalue weighted by atomic mass is 10.00. The molecule has 1 saturated carbocycles. The van der Waals surface area contributed by atoms with Crippen molar-refractivity contribution in [3.8, 4) is 6.07 Å². The van der Waals surface area contributed by atoms with Crippen LogP contribution in [0.2, 0.25) is 0 Å². The normalized spacial score (nSPS) is 19.3. The molecule has 1 aliphatic carbocycles. The van der Waals surface area contributed by atoms with Crippen molar-refractivity contribution in [3.05, 3.63) is 0 Å². The summed E-state index contributed by atoms with van der Waals surface area (Å²) < 4.78 is 0. The lowest BCUT2D eigenvalue weighted by molar-refractivity contribution is -0.123. The van der Waals surface area contributed by atoms with E-state index in [1.54, 1.807) is 4.90 Å². The SMILES string of the molecule is CN(C)CC(=O)NC1(C#N)CCCC1. The molecule has 0 unspecified atom stereocenters. The van der Waals surface area contributed by atoms with Crippen molar-refractivity contribution in [1.29, 1.82) is 5.26 Å². The van der Waals surface area contributed by atoms with Gasteiger partial charge < -0.3 is 10.2 Å². The van der Waals surface area contributed by atoms with Crippen LogP contribution < -0.4 is 5.32 Å². The molecule has 0 heterocycles. The molecule has 1 N–H and O–H groups in total. The highest BCUT2D eigenvalue weighted by Gasteiger charge is 2.35. The van der Waals surface area contributed by atoms with Gasteiger partial charge in [-0.15, -0.1) is 0 Å². The molecular weight excluding hydrogens is 178 g/mol. The second kappa shape index (κ2) is 4.43. The van der Waals surface area contributed by atoms with Crippen molar-refractivity contribution in [2.45, 2.75) is 31.2 Å². The van der Waals surface area contributed by atoms with Gasteiger partial charge in [0.25, 0.3) is 0 Å². The van der Waals surface area contributed by atoms with Crippen LogP contribution in [-0.2, 0) is 4.79 Å². The van der Waals surface area contributed by atoms with Gasteiger partial charge in [0, 0.05) is 0 Å². The maximum absolute atomic E-state index is 11.5. The van der Waals surface area contributed by atoms with Gasteiger partial charge in [0.05, 0.1) is 12.6 Å². The van der Waals surface area contributed by atoms with Crippen LogP contribution in [0.5, 0.6) is 0 Å². The molecular formula is C10H17N3O. The predicted molar refractivity (Wildman–Crippen MR) is 53.5 cm³/mol. The minimum atomic E-state index is -0.576. The van der Waals surface area contributed by atoms with Gasteiger partial charge in [0.1, 0.15) is 5.54 Å². The van der Waals surface area contributed by atoms with Crippen LogP contribution in [-0.4, -0.2) is 37.0 Å². The number of likely N-dealkylation sites (N-methyl/N-ethyl adjacent to an activating group) is 1. The summed E-state index contributed by atoms with van der Waals surface area (Å²) in [6.07, 6.45) is 3.66. The first-order valence-corrected chi connectivity index (χ1v) is 4.95. The maximum Gasteiger partial charge on any atom is 0.235 e. The fraction of sp³-hybridized carbons (Fsp3) is 0.800. The molecule has 0 atom stereocenters. The zero-order valence-electron chi connectivity index (χ0n) is 8.84. The molecule has 14 heavy (non-hydrogen) atoms. The second-order valence-corrected chi connectivity index (χ2v) is 4.19. The highest BCUT2D eigenvalue weighted by Crippen LogP contribution is 2.28. The van der Waals surface area contributed by atoms with Crippen LogP contribution in [0, 0.1) is 11.3 Å². The predicted octanol–water partition coefficient (Wildman–Crippen LogP) is 0.501. The molecule has 0 aromatic carbocycles. The minimum absolute atomic E-state index is 0.0570. The Morgan fingerprint density at radius 1 is 1.50 bits per heavy atom. The molecule has 4 heteroatoms. The van der Waals surface area contributed by atoms with E-state index in [9.17, 15) is 4.79 Å². The standard InChI is InChI=1S/C10H17N3O/c1-13(2)7-9(14)12-10(8-11)5-3-4-6-10/h3-7H2,1-2H3,(H,12,14). The average molecular weight is 195 g/mol. The summed E-state index contributed by atoms with van der Waals surface area (Å²) in [5, 5.41) is 11.9. The summed E-state index contributed by atoms with van der Waals surface area (Å²) in [6.45, 7) is 0.351. The summed E-state index contributed by atoms with van der Waals surface area (Å²) in [5.74, 6) is -0.0570. The highest BCUT2D eigenvalue weighted by molar-refractivity contribution is 5.79. The summed E-state index contributed by atoms with van der Waals surface area (Å²) in [6, 6.07) is 2.23. The molecule has 4 nitrogen and oxygen atoms in total. The van der Waals surface area contributed by atoms with Gasteiger partial charge >= 0.3 is 0 Å². The minimum Gasteiger partial charge on any atom is -0.337 e. The molecule has 1 aliphatic rings. The van der Waals surface area contributed by atoms with Gasteiger partial charge in [-0.1, -0.05) is 0 Å². The Balaban J connectivity index is 2.49. The number of carbonyl (C=O) groups is 1.